The van der Waals surface area contributed by atoms with Gasteiger partial charge in [0.25, 0.3) is 0 Å². The summed E-state index contributed by atoms with van der Waals surface area (Å²) < 4.78 is 18.7. The third-order valence-corrected chi connectivity index (χ3v) is 5.51. The van der Waals surface area contributed by atoms with Gasteiger partial charge in [0.15, 0.2) is 0 Å². The Kier molecular flexibility index (Phi) is 4.77. The van der Waals surface area contributed by atoms with E-state index in [1.807, 2.05) is 12.3 Å². The topological polar surface area (TPSA) is 55.1 Å². The van der Waals surface area contributed by atoms with Crippen LogP contribution in [0.5, 0.6) is 0 Å². The Hall–Kier alpha value is -3.12. The van der Waals surface area contributed by atoms with E-state index >= 15 is 0 Å². The summed E-state index contributed by atoms with van der Waals surface area (Å²) in [6, 6.07) is 16.6. The quantitative estimate of drug-likeness (QED) is 0.502. The van der Waals surface area contributed by atoms with E-state index in [0.29, 0.717) is 11.7 Å². The minimum absolute atomic E-state index is 0.202. The van der Waals surface area contributed by atoms with Gasteiger partial charge in [-0.3, -0.25) is 9.88 Å². The summed E-state index contributed by atoms with van der Waals surface area (Å²) in [4.78, 5) is 11.6. The first kappa shape index (κ1) is 17.9. The van der Waals surface area contributed by atoms with E-state index in [1.54, 1.807) is 12.1 Å². The Morgan fingerprint density at radius 2 is 1.93 bits per heavy atom. The molecule has 4 aromatic rings. The molecule has 0 bridgehead atoms. The van der Waals surface area contributed by atoms with Gasteiger partial charge >= 0.3 is 0 Å². The van der Waals surface area contributed by atoms with E-state index in [0.717, 1.165) is 43.6 Å². The zero-order chi connectivity index (χ0) is 19.6. The third-order valence-electron chi connectivity index (χ3n) is 5.51. The maximum atomic E-state index is 13.1. The highest BCUT2D eigenvalue weighted by atomic mass is 19.1. The third kappa shape index (κ3) is 3.76. The van der Waals surface area contributed by atoms with Crippen LogP contribution in [0, 0.1) is 5.82 Å². The largest absolute Gasteiger partial charge is 0.339 e. The number of benzene rings is 2. The van der Waals surface area contributed by atoms with E-state index in [9.17, 15) is 4.39 Å². The van der Waals surface area contributed by atoms with Crippen LogP contribution in [-0.4, -0.2) is 33.1 Å². The summed E-state index contributed by atoms with van der Waals surface area (Å²) in [5, 5.41) is 5.27. The molecule has 1 fully saturated rings. The van der Waals surface area contributed by atoms with Crippen LogP contribution in [0.25, 0.3) is 22.3 Å². The van der Waals surface area contributed by atoms with E-state index < -0.39 is 0 Å². The van der Waals surface area contributed by atoms with Gasteiger partial charge in [-0.15, -0.1) is 0 Å². The zero-order valence-corrected chi connectivity index (χ0v) is 16.0. The molecule has 0 saturated carbocycles. The van der Waals surface area contributed by atoms with Crippen LogP contribution in [0.15, 0.2) is 65.3 Å². The second-order valence-electron chi connectivity index (χ2n) is 7.53. The van der Waals surface area contributed by atoms with Crippen molar-refractivity contribution in [2.45, 2.75) is 25.3 Å². The van der Waals surface area contributed by atoms with Crippen molar-refractivity contribution < 1.29 is 8.91 Å². The lowest BCUT2D eigenvalue weighted by atomic mass is 9.97. The van der Waals surface area contributed by atoms with Crippen molar-refractivity contribution in [2.24, 2.45) is 0 Å². The number of likely N-dealkylation sites (tertiary alicyclic amines) is 1. The number of nitrogens with zero attached hydrogens (tertiary/aromatic N) is 4. The molecule has 5 nitrogen and oxygen atoms in total. The molecule has 0 radical (unpaired) electrons. The van der Waals surface area contributed by atoms with Crippen LogP contribution in [0.1, 0.15) is 30.2 Å². The molecule has 1 saturated heterocycles. The van der Waals surface area contributed by atoms with Gasteiger partial charge < -0.3 is 4.52 Å². The lowest BCUT2D eigenvalue weighted by molar-refractivity contribution is 0.180. The molecule has 6 heteroatoms. The number of aromatic nitrogens is 3. The predicted octanol–water partition coefficient (Wildman–Crippen LogP) is 4.80. The number of para-hydroxylation sites is 1. The lowest BCUT2D eigenvalue weighted by Gasteiger charge is -2.31. The second-order valence-corrected chi connectivity index (χ2v) is 7.53. The van der Waals surface area contributed by atoms with Crippen LogP contribution in [0.4, 0.5) is 4.39 Å². The van der Waals surface area contributed by atoms with E-state index in [2.05, 4.69) is 44.3 Å². The first-order valence-electron chi connectivity index (χ1n) is 9.91. The molecule has 0 N–H and O–H groups in total. The smallest absolute Gasteiger partial charge is 0.231 e. The average molecular weight is 388 g/mol. The van der Waals surface area contributed by atoms with E-state index in [-0.39, 0.29) is 11.7 Å². The first-order chi connectivity index (χ1) is 14.3. The fourth-order valence-corrected chi connectivity index (χ4v) is 4.05. The molecule has 3 heterocycles. The van der Waals surface area contributed by atoms with Crippen molar-refractivity contribution >= 4 is 10.9 Å². The van der Waals surface area contributed by atoms with Gasteiger partial charge in [-0.05, 0) is 55.3 Å². The van der Waals surface area contributed by atoms with Gasteiger partial charge in [0, 0.05) is 30.2 Å². The molecule has 1 aliphatic heterocycles. The van der Waals surface area contributed by atoms with Gasteiger partial charge in [-0.25, -0.2) is 4.39 Å². The number of pyridine rings is 1. The Bertz CT molecular complexity index is 1120. The maximum Gasteiger partial charge on any atom is 0.231 e. The van der Waals surface area contributed by atoms with Crippen LogP contribution in [-0.2, 0) is 6.54 Å². The highest BCUT2D eigenvalue weighted by molar-refractivity contribution is 5.81. The highest BCUT2D eigenvalue weighted by Crippen LogP contribution is 2.29. The van der Waals surface area contributed by atoms with Crippen LogP contribution >= 0.6 is 0 Å². The highest BCUT2D eigenvalue weighted by Gasteiger charge is 2.26. The fraction of sp³-hybridized carbons (Fsp3) is 0.261. The van der Waals surface area contributed by atoms with Crippen molar-refractivity contribution in [3.63, 3.8) is 0 Å². The number of halogens is 1. The maximum absolute atomic E-state index is 13.1. The Labute approximate surface area is 168 Å². The molecule has 1 unspecified atom stereocenters. The van der Waals surface area contributed by atoms with Crippen molar-refractivity contribution in [1.82, 2.24) is 20.0 Å². The molecule has 29 heavy (non-hydrogen) atoms. The fourth-order valence-electron chi connectivity index (χ4n) is 4.05. The molecular formula is C23H21FN4O. The number of hydrogen-bond donors (Lipinski definition) is 0. The Balaban J connectivity index is 1.33. The Morgan fingerprint density at radius 3 is 2.83 bits per heavy atom. The average Bonchev–Trinajstić information content (AvgIpc) is 3.25. The molecule has 0 amide bonds. The van der Waals surface area contributed by atoms with Crippen molar-refractivity contribution in [1.29, 1.82) is 0 Å². The van der Waals surface area contributed by atoms with Gasteiger partial charge in [-0.1, -0.05) is 29.4 Å². The standard InChI is InChI=1S/C23H21FN4O/c24-20-10-8-17(9-11-20)22-26-23(29-27-22)19-7-3-13-28(15-19)14-18-5-1-4-16-6-2-12-25-21(16)18/h1-2,4-6,8-12,19H,3,7,13-15H2. The molecule has 0 spiro atoms. The van der Waals surface area contributed by atoms with Crippen molar-refractivity contribution in [3.8, 4) is 11.4 Å². The van der Waals surface area contributed by atoms with Crippen molar-refractivity contribution in [3.05, 3.63) is 78.1 Å². The monoisotopic (exact) mass is 388 g/mol. The predicted molar refractivity (Wildman–Crippen MR) is 109 cm³/mol. The summed E-state index contributed by atoms with van der Waals surface area (Å²) in [5.74, 6) is 1.09. The van der Waals surface area contributed by atoms with Gasteiger partial charge in [0.1, 0.15) is 5.82 Å². The molecule has 2 aromatic carbocycles. The number of rotatable bonds is 4. The van der Waals surface area contributed by atoms with Crippen LogP contribution in [0.3, 0.4) is 0 Å². The molecule has 146 valence electrons. The minimum Gasteiger partial charge on any atom is -0.339 e. The zero-order valence-electron chi connectivity index (χ0n) is 16.0. The number of piperidine rings is 1. The molecule has 2 aromatic heterocycles. The number of fused-ring (bicyclic) bond motifs is 1. The molecule has 0 aliphatic carbocycles. The van der Waals surface area contributed by atoms with Crippen LogP contribution in [0.2, 0.25) is 0 Å². The van der Waals surface area contributed by atoms with Crippen molar-refractivity contribution in [2.75, 3.05) is 13.1 Å². The molecular weight excluding hydrogens is 367 g/mol. The summed E-state index contributed by atoms with van der Waals surface area (Å²) in [6.07, 6.45) is 3.95. The van der Waals surface area contributed by atoms with Gasteiger partial charge in [0.2, 0.25) is 11.7 Å². The van der Waals surface area contributed by atoms with E-state index in [1.165, 1.54) is 23.1 Å². The van der Waals surface area contributed by atoms with Crippen LogP contribution < -0.4 is 0 Å². The second kappa shape index (κ2) is 7.72. The first-order valence-corrected chi connectivity index (χ1v) is 9.91. The minimum atomic E-state index is -0.275. The number of hydrogen-bond acceptors (Lipinski definition) is 5. The molecule has 1 atom stereocenters. The summed E-state index contributed by atoms with van der Waals surface area (Å²) in [6.45, 7) is 2.76. The molecule has 1 aliphatic rings. The van der Waals surface area contributed by atoms with Gasteiger partial charge in [0.05, 0.1) is 11.4 Å². The normalized spacial score (nSPS) is 17.6. The summed E-state index contributed by atoms with van der Waals surface area (Å²) in [7, 11) is 0. The lowest BCUT2D eigenvalue weighted by Crippen LogP contribution is -2.34. The summed E-state index contributed by atoms with van der Waals surface area (Å²) >= 11 is 0. The SMILES string of the molecule is Fc1ccc(-c2noc(C3CCCN(Cc4cccc5cccnc45)C3)n2)cc1. The Morgan fingerprint density at radius 1 is 1.07 bits per heavy atom. The van der Waals surface area contributed by atoms with Gasteiger partial charge in [-0.2, -0.15) is 4.98 Å². The molecule has 5 rings (SSSR count). The van der Waals surface area contributed by atoms with E-state index in [4.69, 9.17) is 4.52 Å². The summed E-state index contributed by atoms with van der Waals surface area (Å²) in [5.41, 5.74) is 3.06.